The van der Waals surface area contributed by atoms with Crippen LogP contribution in [0.4, 0.5) is 0 Å². The average Bonchev–Trinajstić information content (AvgIpc) is 3.04. The largest absolute Gasteiger partial charge is 0.454 e. The minimum absolute atomic E-state index is 0.0337. The summed E-state index contributed by atoms with van der Waals surface area (Å²) in [5.41, 5.74) is 6.23. The van der Waals surface area contributed by atoms with E-state index in [1.165, 1.54) is 0 Å². The first-order valence-corrected chi connectivity index (χ1v) is 7.08. The van der Waals surface area contributed by atoms with Gasteiger partial charge in [-0.1, -0.05) is 11.6 Å². The molecule has 0 radical (unpaired) electrons. The van der Waals surface area contributed by atoms with E-state index in [0.29, 0.717) is 41.1 Å². The highest BCUT2D eigenvalue weighted by Crippen LogP contribution is 2.40. The van der Waals surface area contributed by atoms with Crippen LogP contribution in [0.3, 0.4) is 0 Å². The maximum Gasteiger partial charge on any atom is 0.254 e. The van der Waals surface area contributed by atoms with Crippen LogP contribution in [0.5, 0.6) is 11.5 Å². The number of hydrogen-bond acceptors (Lipinski definition) is 4. The molecular weight excluding hydrogens is 280 g/mol. The van der Waals surface area contributed by atoms with Gasteiger partial charge in [-0.3, -0.25) is 4.79 Å². The predicted octanol–water partition coefficient (Wildman–Crippen LogP) is 1.88. The van der Waals surface area contributed by atoms with Crippen molar-refractivity contribution in [3.63, 3.8) is 0 Å². The monoisotopic (exact) mass is 296 g/mol. The first-order valence-electron chi connectivity index (χ1n) is 6.70. The van der Waals surface area contributed by atoms with Gasteiger partial charge in [-0.05, 0) is 37.9 Å². The van der Waals surface area contributed by atoms with Gasteiger partial charge in [0.05, 0.1) is 5.02 Å². The molecular formula is C14H17ClN2O3. The van der Waals surface area contributed by atoms with E-state index >= 15 is 0 Å². The van der Waals surface area contributed by atoms with Crippen molar-refractivity contribution in [2.24, 2.45) is 11.7 Å². The third-order valence-corrected chi connectivity index (χ3v) is 4.21. The van der Waals surface area contributed by atoms with Crippen molar-refractivity contribution in [1.29, 1.82) is 0 Å². The third kappa shape index (κ3) is 2.21. The molecule has 1 aromatic carbocycles. The Balaban J connectivity index is 1.86. The van der Waals surface area contributed by atoms with Crippen LogP contribution in [0.1, 0.15) is 23.7 Å². The molecule has 0 saturated carbocycles. The highest BCUT2D eigenvalue weighted by Gasteiger charge is 2.33. The molecule has 2 aliphatic heterocycles. The van der Waals surface area contributed by atoms with Crippen LogP contribution in [-0.4, -0.2) is 36.7 Å². The summed E-state index contributed by atoms with van der Waals surface area (Å²) in [6.45, 7) is 3.49. The number of hydrogen-bond donors (Lipinski definition) is 1. The van der Waals surface area contributed by atoms with Gasteiger partial charge in [0.15, 0.2) is 11.5 Å². The van der Waals surface area contributed by atoms with E-state index in [1.807, 2.05) is 11.8 Å². The van der Waals surface area contributed by atoms with E-state index < -0.39 is 0 Å². The van der Waals surface area contributed by atoms with Crippen LogP contribution in [0.25, 0.3) is 0 Å². The second-order valence-corrected chi connectivity index (χ2v) is 5.74. The van der Waals surface area contributed by atoms with Gasteiger partial charge in [-0.15, -0.1) is 0 Å². The number of carbonyl (C=O) groups is 1. The number of nitrogens with zero attached hydrogens (tertiary/aromatic N) is 1. The minimum atomic E-state index is -0.0337. The van der Waals surface area contributed by atoms with Crippen molar-refractivity contribution in [2.75, 3.05) is 19.9 Å². The molecule has 3 rings (SSSR count). The number of fused-ring (bicyclic) bond motifs is 1. The Morgan fingerprint density at radius 2 is 2.30 bits per heavy atom. The van der Waals surface area contributed by atoms with Crippen LogP contribution < -0.4 is 15.2 Å². The van der Waals surface area contributed by atoms with Crippen molar-refractivity contribution in [2.45, 2.75) is 19.4 Å². The Hall–Kier alpha value is -1.46. The van der Waals surface area contributed by atoms with E-state index in [-0.39, 0.29) is 18.7 Å². The van der Waals surface area contributed by atoms with Gasteiger partial charge in [-0.25, -0.2) is 0 Å². The molecule has 1 amide bonds. The van der Waals surface area contributed by atoms with E-state index in [9.17, 15) is 4.79 Å². The summed E-state index contributed by atoms with van der Waals surface area (Å²) in [4.78, 5) is 14.5. The van der Waals surface area contributed by atoms with Crippen LogP contribution in [0.2, 0.25) is 5.02 Å². The van der Waals surface area contributed by atoms with E-state index in [2.05, 4.69) is 0 Å². The quantitative estimate of drug-likeness (QED) is 0.905. The number of benzene rings is 1. The molecule has 0 spiro atoms. The van der Waals surface area contributed by atoms with Crippen LogP contribution in [-0.2, 0) is 0 Å². The van der Waals surface area contributed by atoms with Crippen molar-refractivity contribution < 1.29 is 14.3 Å². The summed E-state index contributed by atoms with van der Waals surface area (Å²) in [6, 6.07) is 3.53. The molecule has 5 nitrogen and oxygen atoms in total. The maximum atomic E-state index is 12.6. The standard InChI is InChI=1S/C14H17ClN2O3/c1-8-2-9(5-16)6-17(8)14(18)10-3-11(15)13-12(4-10)19-7-20-13/h3-4,8-9H,2,5-7,16H2,1H3. The summed E-state index contributed by atoms with van der Waals surface area (Å²) in [7, 11) is 0. The van der Waals surface area contributed by atoms with Crippen molar-refractivity contribution in [1.82, 2.24) is 4.90 Å². The second kappa shape index (κ2) is 5.14. The third-order valence-electron chi connectivity index (χ3n) is 3.93. The predicted molar refractivity (Wildman–Crippen MR) is 75.2 cm³/mol. The number of ether oxygens (including phenoxy) is 2. The molecule has 2 unspecified atom stereocenters. The lowest BCUT2D eigenvalue weighted by atomic mass is 10.1. The number of rotatable bonds is 2. The van der Waals surface area contributed by atoms with Gasteiger partial charge >= 0.3 is 0 Å². The summed E-state index contributed by atoms with van der Waals surface area (Å²) < 4.78 is 10.6. The fraction of sp³-hybridized carbons (Fsp3) is 0.500. The van der Waals surface area contributed by atoms with Crippen LogP contribution in [0.15, 0.2) is 12.1 Å². The lowest BCUT2D eigenvalue weighted by molar-refractivity contribution is 0.0743. The van der Waals surface area contributed by atoms with Crippen molar-refractivity contribution in [3.05, 3.63) is 22.7 Å². The fourth-order valence-corrected chi connectivity index (χ4v) is 3.12. The van der Waals surface area contributed by atoms with Crippen LogP contribution >= 0.6 is 11.6 Å². The average molecular weight is 297 g/mol. The van der Waals surface area contributed by atoms with Gasteiger partial charge in [0, 0.05) is 18.2 Å². The summed E-state index contributed by atoms with van der Waals surface area (Å²) in [6.07, 6.45) is 0.945. The Kier molecular flexibility index (Phi) is 3.48. The molecule has 6 heteroatoms. The Labute approximate surface area is 122 Å². The van der Waals surface area contributed by atoms with Crippen molar-refractivity contribution in [3.8, 4) is 11.5 Å². The number of amides is 1. The fourth-order valence-electron chi connectivity index (χ4n) is 2.85. The lowest BCUT2D eigenvalue weighted by Gasteiger charge is -2.21. The minimum Gasteiger partial charge on any atom is -0.454 e. The number of carbonyl (C=O) groups excluding carboxylic acids is 1. The summed E-state index contributed by atoms with van der Waals surface area (Å²) in [5, 5.41) is 0.408. The molecule has 2 heterocycles. The first-order chi connectivity index (χ1) is 9.60. The molecule has 0 aromatic heterocycles. The van der Waals surface area contributed by atoms with Crippen molar-refractivity contribution >= 4 is 17.5 Å². The van der Waals surface area contributed by atoms with E-state index in [0.717, 1.165) is 6.42 Å². The number of likely N-dealkylation sites (tertiary alicyclic amines) is 1. The molecule has 108 valence electrons. The first kappa shape index (κ1) is 13.5. The SMILES string of the molecule is CC1CC(CN)CN1C(=O)c1cc(Cl)c2c(c1)OCO2. The molecule has 0 aliphatic carbocycles. The molecule has 1 aromatic rings. The molecule has 2 atom stereocenters. The zero-order valence-electron chi connectivity index (χ0n) is 11.3. The zero-order valence-corrected chi connectivity index (χ0v) is 12.0. The number of nitrogens with two attached hydrogens (primary N) is 1. The molecule has 20 heavy (non-hydrogen) atoms. The lowest BCUT2D eigenvalue weighted by Crippen LogP contribution is -2.34. The highest BCUT2D eigenvalue weighted by atomic mass is 35.5. The smallest absolute Gasteiger partial charge is 0.254 e. The number of halogens is 1. The molecule has 2 N–H and O–H groups in total. The summed E-state index contributed by atoms with van der Waals surface area (Å²) in [5.74, 6) is 1.38. The topological polar surface area (TPSA) is 64.8 Å². The normalized spacial score (nSPS) is 24.2. The van der Waals surface area contributed by atoms with Gasteiger partial charge in [-0.2, -0.15) is 0 Å². The van der Waals surface area contributed by atoms with E-state index in [1.54, 1.807) is 12.1 Å². The maximum absolute atomic E-state index is 12.6. The molecule has 2 aliphatic rings. The van der Waals surface area contributed by atoms with Gasteiger partial charge in [0.1, 0.15) is 0 Å². The van der Waals surface area contributed by atoms with Gasteiger partial charge in [0.25, 0.3) is 5.91 Å². The molecule has 0 bridgehead atoms. The highest BCUT2D eigenvalue weighted by molar-refractivity contribution is 6.32. The van der Waals surface area contributed by atoms with Crippen LogP contribution in [0, 0.1) is 5.92 Å². The Morgan fingerprint density at radius 3 is 3.00 bits per heavy atom. The zero-order chi connectivity index (χ0) is 14.3. The molecule has 1 saturated heterocycles. The van der Waals surface area contributed by atoms with E-state index in [4.69, 9.17) is 26.8 Å². The Bertz CT molecular complexity index is 549. The van der Waals surface area contributed by atoms with Gasteiger partial charge < -0.3 is 20.1 Å². The van der Waals surface area contributed by atoms with Gasteiger partial charge in [0.2, 0.25) is 6.79 Å². The molecule has 1 fully saturated rings. The summed E-state index contributed by atoms with van der Waals surface area (Å²) >= 11 is 6.12. The second-order valence-electron chi connectivity index (χ2n) is 5.34. The Morgan fingerprint density at radius 1 is 1.50 bits per heavy atom.